The number of anilines is 1. The molecule has 116 valence electrons. The number of aliphatic hydroxyl groups excluding tert-OH is 1. The lowest BCUT2D eigenvalue weighted by molar-refractivity contribution is -0.118. The summed E-state index contributed by atoms with van der Waals surface area (Å²) in [6, 6.07) is 0.574. The Balaban J connectivity index is 1.52. The molecule has 2 aliphatic rings. The fourth-order valence-corrected chi connectivity index (χ4v) is 2.91. The van der Waals surface area contributed by atoms with Crippen LogP contribution in [0.25, 0.3) is 0 Å². The molecule has 0 saturated heterocycles. The number of aliphatic hydroxyl groups is 1. The van der Waals surface area contributed by atoms with Gasteiger partial charge in [0.25, 0.3) is 0 Å². The third kappa shape index (κ3) is 3.79. The van der Waals surface area contributed by atoms with Gasteiger partial charge in [0.05, 0.1) is 13.2 Å². The molecular formula is C14H22N4O3. The molecule has 1 aromatic heterocycles. The minimum absolute atomic E-state index is 0.0656. The van der Waals surface area contributed by atoms with E-state index in [1.165, 1.54) is 12.8 Å². The topological polar surface area (TPSA) is 91.5 Å². The van der Waals surface area contributed by atoms with E-state index in [0.29, 0.717) is 24.4 Å². The fourth-order valence-electron chi connectivity index (χ4n) is 2.91. The Morgan fingerprint density at radius 1 is 1.29 bits per heavy atom. The summed E-state index contributed by atoms with van der Waals surface area (Å²) in [5.41, 5.74) is 0. The van der Waals surface area contributed by atoms with E-state index in [-0.39, 0.29) is 25.1 Å². The smallest absolute Gasteiger partial charge is 0.322 e. The van der Waals surface area contributed by atoms with E-state index in [2.05, 4.69) is 15.5 Å². The highest BCUT2D eigenvalue weighted by Gasteiger charge is 2.30. The van der Waals surface area contributed by atoms with E-state index in [0.717, 1.165) is 25.7 Å². The van der Waals surface area contributed by atoms with Gasteiger partial charge in [0.1, 0.15) is 0 Å². The molecule has 21 heavy (non-hydrogen) atoms. The lowest BCUT2D eigenvalue weighted by atomic mass is 10.2. The third-order valence-corrected chi connectivity index (χ3v) is 4.19. The monoisotopic (exact) mass is 294 g/mol. The van der Waals surface area contributed by atoms with Crippen molar-refractivity contribution in [1.29, 1.82) is 0 Å². The molecule has 0 unspecified atom stereocenters. The van der Waals surface area contributed by atoms with Gasteiger partial charge in [-0.1, -0.05) is 17.9 Å². The molecule has 0 aliphatic heterocycles. The van der Waals surface area contributed by atoms with Crippen LogP contribution in [0.2, 0.25) is 0 Å². The molecule has 0 radical (unpaired) electrons. The Morgan fingerprint density at radius 3 is 2.71 bits per heavy atom. The minimum atomic E-state index is -0.165. The summed E-state index contributed by atoms with van der Waals surface area (Å²) in [6.45, 7) is 0.845. The molecule has 0 spiro atoms. The van der Waals surface area contributed by atoms with E-state index in [9.17, 15) is 4.79 Å². The molecule has 2 N–H and O–H groups in total. The van der Waals surface area contributed by atoms with Crippen molar-refractivity contribution in [1.82, 2.24) is 15.1 Å². The summed E-state index contributed by atoms with van der Waals surface area (Å²) >= 11 is 0. The van der Waals surface area contributed by atoms with Crippen LogP contribution in [0.15, 0.2) is 4.42 Å². The zero-order valence-corrected chi connectivity index (χ0v) is 12.1. The summed E-state index contributed by atoms with van der Waals surface area (Å²) in [5, 5.41) is 19.6. The van der Waals surface area contributed by atoms with E-state index in [4.69, 9.17) is 9.52 Å². The van der Waals surface area contributed by atoms with Crippen molar-refractivity contribution in [3.8, 4) is 0 Å². The Bertz CT molecular complexity index is 480. The average molecular weight is 294 g/mol. The number of aromatic nitrogens is 2. The van der Waals surface area contributed by atoms with Crippen molar-refractivity contribution in [3.63, 3.8) is 0 Å². The fraction of sp³-hybridized carbons (Fsp3) is 0.786. The summed E-state index contributed by atoms with van der Waals surface area (Å²) in [7, 11) is 0. The Kier molecular flexibility index (Phi) is 4.50. The lowest BCUT2D eigenvalue weighted by Crippen LogP contribution is -2.41. The Morgan fingerprint density at radius 2 is 2.05 bits per heavy atom. The van der Waals surface area contributed by atoms with Crippen molar-refractivity contribution in [2.75, 3.05) is 25.0 Å². The van der Waals surface area contributed by atoms with Crippen LogP contribution in [0.5, 0.6) is 0 Å². The first-order valence-electron chi connectivity index (χ1n) is 7.74. The molecule has 1 amide bonds. The predicted octanol–water partition coefficient (Wildman–Crippen LogP) is 1.12. The van der Waals surface area contributed by atoms with Crippen LogP contribution in [0.1, 0.15) is 50.3 Å². The highest BCUT2D eigenvalue weighted by atomic mass is 16.4. The van der Waals surface area contributed by atoms with E-state index in [1.54, 1.807) is 0 Å². The number of nitrogens with zero attached hydrogens (tertiary/aromatic N) is 3. The van der Waals surface area contributed by atoms with Crippen LogP contribution in [0, 0.1) is 0 Å². The largest absolute Gasteiger partial charge is 0.408 e. The molecule has 1 aromatic rings. The van der Waals surface area contributed by atoms with Crippen molar-refractivity contribution in [3.05, 3.63) is 5.89 Å². The first kappa shape index (κ1) is 14.5. The number of hydrogen-bond donors (Lipinski definition) is 2. The molecule has 2 aliphatic carbocycles. The molecule has 7 nitrogen and oxygen atoms in total. The molecule has 0 aromatic carbocycles. The highest BCUT2D eigenvalue weighted by molar-refractivity contribution is 5.90. The maximum atomic E-state index is 12.1. The third-order valence-electron chi connectivity index (χ3n) is 4.19. The summed E-state index contributed by atoms with van der Waals surface area (Å²) in [4.78, 5) is 14.1. The minimum Gasteiger partial charge on any atom is -0.408 e. The van der Waals surface area contributed by atoms with Gasteiger partial charge in [-0.3, -0.25) is 15.0 Å². The second kappa shape index (κ2) is 6.53. The zero-order valence-electron chi connectivity index (χ0n) is 12.1. The van der Waals surface area contributed by atoms with E-state index >= 15 is 0 Å². The molecule has 1 heterocycles. The zero-order chi connectivity index (χ0) is 14.7. The van der Waals surface area contributed by atoms with Gasteiger partial charge in [0.15, 0.2) is 0 Å². The SMILES string of the molecule is O=C(CN(CCO)C1CCCC1)Nc1nnc(C2CC2)o1. The van der Waals surface area contributed by atoms with Crippen LogP contribution < -0.4 is 5.32 Å². The van der Waals surface area contributed by atoms with Gasteiger partial charge in [-0.25, -0.2) is 0 Å². The van der Waals surface area contributed by atoms with Gasteiger partial charge in [-0.2, -0.15) is 0 Å². The quantitative estimate of drug-likeness (QED) is 0.783. The lowest BCUT2D eigenvalue weighted by Gasteiger charge is -2.26. The van der Waals surface area contributed by atoms with Gasteiger partial charge in [0.2, 0.25) is 11.8 Å². The van der Waals surface area contributed by atoms with Gasteiger partial charge in [-0.15, -0.1) is 5.10 Å². The van der Waals surface area contributed by atoms with Crippen LogP contribution in [-0.4, -0.2) is 51.8 Å². The number of carbonyl (C=O) groups excluding carboxylic acids is 1. The van der Waals surface area contributed by atoms with Gasteiger partial charge < -0.3 is 9.52 Å². The highest BCUT2D eigenvalue weighted by Crippen LogP contribution is 2.39. The predicted molar refractivity (Wildman–Crippen MR) is 75.8 cm³/mol. The van der Waals surface area contributed by atoms with E-state index in [1.807, 2.05) is 4.90 Å². The first-order valence-corrected chi connectivity index (χ1v) is 7.74. The van der Waals surface area contributed by atoms with Crippen LogP contribution in [-0.2, 0) is 4.79 Å². The standard InChI is InChI=1S/C14H22N4O3/c19-8-7-18(11-3-1-2-4-11)9-12(20)15-14-17-16-13(21-14)10-5-6-10/h10-11,19H,1-9H2,(H,15,17,20). The molecule has 2 fully saturated rings. The maximum Gasteiger partial charge on any atom is 0.322 e. The number of carbonyl (C=O) groups is 1. The summed E-state index contributed by atoms with van der Waals surface area (Å²) in [5.74, 6) is 0.835. The van der Waals surface area contributed by atoms with Gasteiger partial charge >= 0.3 is 6.01 Å². The van der Waals surface area contributed by atoms with Crippen molar-refractivity contribution in [2.45, 2.75) is 50.5 Å². The number of hydrogen-bond acceptors (Lipinski definition) is 6. The van der Waals surface area contributed by atoms with Gasteiger partial charge in [-0.05, 0) is 25.7 Å². The van der Waals surface area contributed by atoms with Crippen molar-refractivity contribution >= 4 is 11.9 Å². The molecule has 7 heteroatoms. The Labute approximate surface area is 123 Å². The van der Waals surface area contributed by atoms with Crippen LogP contribution in [0.3, 0.4) is 0 Å². The second-order valence-corrected chi connectivity index (χ2v) is 5.90. The number of nitrogens with one attached hydrogen (secondary N) is 1. The molecule has 0 bridgehead atoms. The summed E-state index contributed by atoms with van der Waals surface area (Å²) < 4.78 is 5.42. The van der Waals surface area contributed by atoms with Crippen LogP contribution >= 0.6 is 0 Å². The van der Waals surface area contributed by atoms with E-state index < -0.39 is 0 Å². The van der Waals surface area contributed by atoms with Crippen molar-refractivity contribution in [2.24, 2.45) is 0 Å². The normalized spacial score (nSPS) is 19.3. The summed E-state index contributed by atoms with van der Waals surface area (Å²) in [6.07, 6.45) is 6.76. The molecule has 0 atom stereocenters. The van der Waals surface area contributed by atoms with Crippen LogP contribution in [0.4, 0.5) is 6.01 Å². The van der Waals surface area contributed by atoms with Crippen molar-refractivity contribution < 1.29 is 14.3 Å². The maximum absolute atomic E-state index is 12.1. The second-order valence-electron chi connectivity index (χ2n) is 5.90. The Hall–Kier alpha value is -1.47. The van der Waals surface area contributed by atoms with Gasteiger partial charge in [0, 0.05) is 18.5 Å². The number of rotatable bonds is 7. The molecule has 3 rings (SSSR count). The average Bonchev–Trinajstić information content (AvgIpc) is 2.99. The molecule has 2 saturated carbocycles. The first-order chi connectivity index (χ1) is 10.3. The number of amides is 1. The molecular weight excluding hydrogens is 272 g/mol.